The Morgan fingerprint density at radius 1 is 1.58 bits per heavy atom. The number of ether oxygens (including phenoxy) is 1. The highest BCUT2D eigenvalue weighted by atomic mass is 35.5. The van der Waals surface area contributed by atoms with Crippen LogP contribution >= 0.6 is 11.6 Å². The number of rotatable bonds is 2. The van der Waals surface area contributed by atoms with Crippen LogP contribution < -0.4 is 10.2 Å². The molecule has 1 heterocycles. The van der Waals surface area contributed by atoms with Crippen molar-refractivity contribution in [3.63, 3.8) is 0 Å². The SMILES string of the molecule is COc1nccc(Cl)c1B(O)O. The summed E-state index contributed by atoms with van der Waals surface area (Å²) in [4.78, 5) is 3.75. The summed E-state index contributed by atoms with van der Waals surface area (Å²) in [6, 6.07) is 1.46. The van der Waals surface area contributed by atoms with E-state index in [1.54, 1.807) is 0 Å². The highest BCUT2D eigenvalue weighted by Gasteiger charge is 2.21. The Labute approximate surface area is 74.9 Å². The predicted molar refractivity (Wildman–Crippen MR) is 45.6 cm³/mol. The number of nitrogens with zero attached hydrogens (tertiary/aromatic N) is 1. The third kappa shape index (κ3) is 1.69. The maximum Gasteiger partial charge on any atom is 0.495 e. The largest absolute Gasteiger partial charge is 0.495 e. The summed E-state index contributed by atoms with van der Waals surface area (Å²) in [5.74, 6) is 0.123. The molecule has 0 aliphatic carbocycles. The third-order valence-electron chi connectivity index (χ3n) is 1.35. The first-order chi connectivity index (χ1) is 5.66. The Balaban J connectivity index is 3.20. The van der Waals surface area contributed by atoms with E-state index in [1.165, 1.54) is 19.4 Å². The predicted octanol–water partition coefficient (Wildman–Crippen LogP) is -0.577. The van der Waals surface area contributed by atoms with Crippen molar-refractivity contribution in [2.45, 2.75) is 0 Å². The molecule has 0 fully saturated rings. The van der Waals surface area contributed by atoms with Crippen LogP contribution in [0.1, 0.15) is 0 Å². The van der Waals surface area contributed by atoms with E-state index in [2.05, 4.69) is 4.98 Å². The number of halogens is 1. The van der Waals surface area contributed by atoms with E-state index < -0.39 is 7.12 Å². The van der Waals surface area contributed by atoms with Crippen molar-refractivity contribution in [2.75, 3.05) is 7.11 Å². The fraction of sp³-hybridized carbons (Fsp3) is 0.167. The normalized spacial score (nSPS) is 9.67. The second-order valence-corrected chi connectivity index (χ2v) is 2.50. The molecule has 0 saturated heterocycles. The molecular weight excluding hydrogens is 180 g/mol. The molecule has 1 aromatic heterocycles. The van der Waals surface area contributed by atoms with E-state index >= 15 is 0 Å². The van der Waals surface area contributed by atoms with Gasteiger partial charge in [-0.2, -0.15) is 0 Å². The Kier molecular flexibility index (Phi) is 2.91. The van der Waals surface area contributed by atoms with Gasteiger partial charge in [-0.05, 0) is 6.07 Å². The number of aromatic nitrogens is 1. The lowest BCUT2D eigenvalue weighted by Gasteiger charge is -2.06. The lowest BCUT2D eigenvalue weighted by molar-refractivity contribution is 0.391. The van der Waals surface area contributed by atoms with Crippen LogP contribution in [0.3, 0.4) is 0 Å². The summed E-state index contributed by atoms with van der Waals surface area (Å²) in [7, 11) is -0.286. The molecule has 0 aromatic carbocycles. The fourth-order valence-electron chi connectivity index (χ4n) is 0.828. The maximum absolute atomic E-state index is 8.87. The summed E-state index contributed by atoms with van der Waals surface area (Å²) < 4.78 is 4.77. The third-order valence-corrected chi connectivity index (χ3v) is 1.68. The van der Waals surface area contributed by atoms with Crippen LogP contribution in [0.25, 0.3) is 0 Å². The summed E-state index contributed by atoms with van der Waals surface area (Å²) in [5.41, 5.74) is 0.0849. The van der Waals surface area contributed by atoms with Crippen molar-refractivity contribution in [3.05, 3.63) is 17.3 Å². The highest BCUT2D eigenvalue weighted by Crippen LogP contribution is 2.11. The molecule has 12 heavy (non-hydrogen) atoms. The number of pyridine rings is 1. The first kappa shape index (κ1) is 9.31. The van der Waals surface area contributed by atoms with Crippen molar-refractivity contribution in [1.29, 1.82) is 0 Å². The minimum Gasteiger partial charge on any atom is -0.481 e. The van der Waals surface area contributed by atoms with E-state index in [4.69, 9.17) is 26.4 Å². The van der Waals surface area contributed by atoms with Crippen molar-refractivity contribution in [1.82, 2.24) is 4.98 Å². The molecule has 2 N–H and O–H groups in total. The van der Waals surface area contributed by atoms with Gasteiger partial charge in [0.2, 0.25) is 5.88 Å². The zero-order chi connectivity index (χ0) is 9.14. The van der Waals surface area contributed by atoms with Crippen LogP contribution in [0.15, 0.2) is 12.3 Å². The first-order valence-corrected chi connectivity index (χ1v) is 3.59. The molecule has 0 spiro atoms. The number of hydrogen-bond donors (Lipinski definition) is 2. The zero-order valence-corrected chi connectivity index (χ0v) is 7.12. The van der Waals surface area contributed by atoms with Gasteiger partial charge in [-0.15, -0.1) is 0 Å². The van der Waals surface area contributed by atoms with Crippen LogP contribution in [0.4, 0.5) is 0 Å². The fourth-order valence-corrected chi connectivity index (χ4v) is 1.06. The first-order valence-electron chi connectivity index (χ1n) is 3.21. The standard InChI is InChI=1S/C6H7BClNO3/c1-12-6-5(7(10)11)4(8)2-3-9-6/h2-3,10-11H,1H3. The Morgan fingerprint density at radius 3 is 2.67 bits per heavy atom. The van der Waals surface area contributed by atoms with Crippen molar-refractivity contribution in [2.24, 2.45) is 0 Å². The van der Waals surface area contributed by atoms with Gasteiger partial charge in [-0.3, -0.25) is 0 Å². The molecule has 0 atom stereocenters. The molecular formula is C6H7BClNO3. The van der Waals surface area contributed by atoms with Gasteiger partial charge in [0, 0.05) is 11.2 Å². The molecule has 1 rings (SSSR count). The molecule has 0 radical (unpaired) electrons. The minimum atomic E-state index is -1.67. The Morgan fingerprint density at radius 2 is 2.25 bits per heavy atom. The average molecular weight is 187 g/mol. The van der Waals surface area contributed by atoms with E-state index in [9.17, 15) is 0 Å². The lowest BCUT2D eigenvalue weighted by Crippen LogP contribution is -2.32. The van der Waals surface area contributed by atoms with E-state index in [0.717, 1.165) is 0 Å². The highest BCUT2D eigenvalue weighted by molar-refractivity contribution is 6.63. The second kappa shape index (κ2) is 3.75. The lowest BCUT2D eigenvalue weighted by atomic mass is 9.81. The topological polar surface area (TPSA) is 62.6 Å². The summed E-state index contributed by atoms with van der Waals surface area (Å²) in [6.45, 7) is 0. The van der Waals surface area contributed by atoms with Crippen molar-refractivity contribution >= 4 is 24.2 Å². The zero-order valence-electron chi connectivity index (χ0n) is 6.36. The van der Waals surface area contributed by atoms with Crippen LogP contribution in [-0.2, 0) is 0 Å². The molecule has 64 valence electrons. The number of hydrogen-bond acceptors (Lipinski definition) is 4. The van der Waals surface area contributed by atoms with Gasteiger partial charge in [0.25, 0.3) is 0 Å². The van der Waals surface area contributed by atoms with Crippen LogP contribution in [0.5, 0.6) is 5.88 Å². The molecule has 0 bridgehead atoms. The summed E-state index contributed by atoms with van der Waals surface area (Å²) in [5, 5.41) is 18.0. The average Bonchev–Trinajstić information content (AvgIpc) is 2.03. The molecule has 6 heteroatoms. The molecule has 0 aliphatic heterocycles. The number of methoxy groups -OCH3 is 1. The molecule has 0 saturated carbocycles. The van der Waals surface area contributed by atoms with Gasteiger partial charge in [0.15, 0.2) is 0 Å². The van der Waals surface area contributed by atoms with Crippen LogP contribution in [-0.4, -0.2) is 29.3 Å². The minimum absolute atomic E-state index is 0.0849. The van der Waals surface area contributed by atoms with Gasteiger partial charge >= 0.3 is 7.12 Å². The Hall–Kier alpha value is -0.775. The van der Waals surface area contributed by atoms with E-state index in [0.29, 0.717) is 0 Å². The quantitative estimate of drug-likeness (QED) is 0.608. The monoisotopic (exact) mass is 187 g/mol. The van der Waals surface area contributed by atoms with E-state index in [1.807, 2.05) is 0 Å². The molecule has 1 aromatic rings. The van der Waals surface area contributed by atoms with Crippen molar-refractivity contribution in [3.8, 4) is 5.88 Å². The Bertz CT molecular complexity index is 281. The van der Waals surface area contributed by atoms with Crippen LogP contribution in [0, 0.1) is 0 Å². The van der Waals surface area contributed by atoms with Gasteiger partial charge < -0.3 is 14.8 Å². The molecule has 4 nitrogen and oxygen atoms in total. The van der Waals surface area contributed by atoms with Gasteiger partial charge in [-0.1, -0.05) is 11.6 Å². The van der Waals surface area contributed by atoms with Gasteiger partial charge in [0.05, 0.1) is 12.6 Å². The van der Waals surface area contributed by atoms with Gasteiger partial charge in [0.1, 0.15) is 0 Å². The smallest absolute Gasteiger partial charge is 0.481 e. The summed E-state index contributed by atoms with van der Waals surface area (Å²) in [6.07, 6.45) is 1.42. The van der Waals surface area contributed by atoms with Crippen LogP contribution in [0.2, 0.25) is 5.02 Å². The second-order valence-electron chi connectivity index (χ2n) is 2.09. The van der Waals surface area contributed by atoms with Gasteiger partial charge in [-0.25, -0.2) is 4.98 Å². The molecule has 0 aliphatic rings. The summed E-state index contributed by atoms with van der Waals surface area (Å²) >= 11 is 5.66. The maximum atomic E-state index is 8.87. The molecule has 0 unspecified atom stereocenters. The van der Waals surface area contributed by atoms with Crippen molar-refractivity contribution < 1.29 is 14.8 Å². The molecule has 0 amide bonds. The van der Waals surface area contributed by atoms with E-state index in [-0.39, 0.29) is 16.4 Å².